The molecule has 1 amide bonds. The summed E-state index contributed by atoms with van der Waals surface area (Å²) in [4.78, 5) is 54.6. The van der Waals surface area contributed by atoms with Crippen molar-refractivity contribution in [2.75, 3.05) is 0 Å². The number of Topliss-reactive ketones (excluding diaryl/α,β-unsaturated/α-hetero) is 2. The number of ketones is 2. The smallest absolute Gasteiger partial charge is 0.356 e. The molecule has 5 rings (SSSR count). The zero-order chi connectivity index (χ0) is 28.4. The van der Waals surface area contributed by atoms with E-state index in [1.54, 1.807) is 38.1 Å². The van der Waals surface area contributed by atoms with Crippen LogP contribution in [0.5, 0.6) is 0 Å². The summed E-state index contributed by atoms with van der Waals surface area (Å²) >= 11 is 0. The first kappa shape index (κ1) is 27.2. The van der Waals surface area contributed by atoms with Crippen LogP contribution in [0.25, 0.3) is 0 Å². The van der Waals surface area contributed by atoms with Gasteiger partial charge in [-0.2, -0.15) is 0 Å². The number of benzene rings is 3. The van der Waals surface area contributed by atoms with Gasteiger partial charge in [0.05, 0.1) is 0 Å². The lowest BCUT2D eigenvalue weighted by Crippen LogP contribution is -2.79. The van der Waals surface area contributed by atoms with Crippen LogP contribution in [0.3, 0.4) is 0 Å². The van der Waals surface area contributed by atoms with Gasteiger partial charge in [0.25, 0.3) is 5.91 Å². The number of β-lactam (4-membered cyclic amide) rings is 1. The number of hydrogen-bond acceptors (Lipinski definition) is 7. The molecule has 1 N–H and O–H groups in total. The summed E-state index contributed by atoms with van der Waals surface area (Å²) in [6, 6.07) is 27.6. The van der Waals surface area contributed by atoms with Crippen LogP contribution >= 0.6 is 0 Å². The molecule has 2 aliphatic heterocycles. The minimum absolute atomic E-state index is 0.0269. The maximum atomic E-state index is 13.9. The van der Waals surface area contributed by atoms with E-state index in [0.29, 0.717) is 5.57 Å². The second-order valence-corrected chi connectivity index (χ2v) is 10.1. The topological polar surface area (TPSA) is 102 Å². The van der Waals surface area contributed by atoms with Crippen LogP contribution in [0, 0.1) is 0 Å². The fourth-order valence-electron chi connectivity index (χ4n) is 5.16. The Hall–Kier alpha value is -4.40. The Morgan fingerprint density at radius 3 is 1.90 bits per heavy atom. The Kier molecular flexibility index (Phi) is 7.47. The number of fused-ring (bicyclic) bond motifs is 1. The van der Waals surface area contributed by atoms with Gasteiger partial charge < -0.3 is 9.47 Å². The van der Waals surface area contributed by atoms with E-state index >= 15 is 0 Å². The van der Waals surface area contributed by atoms with Crippen molar-refractivity contribution < 1.29 is 28.7 Å². The maximum absolute atomic E-state index is 13.9. The molecule has 0 aromatic heterocycles. The van der Waals surface area contributed by atoms with Gasteiger partial charge in [0.1, 0.15) is 5.70 Å². The zero-order valence-corrected chi connectivity index (χ0v) is 22.5. The van der Waals surface area contributed by atoms with Gasteiger partial charge in [-0.15, -0.1) is 0 Å². The number of allylic oxidation sites excluding steroid dienone is 1. The van der Waals surface area contributed by atoms with E-state index in [2.05, 4.69) is 5.32 Å². The Morgan fingerprint density at radius 1 is 0.875 bits per heavy atom. The molecule has 2 heterocycles. The molecule has 0 bridgehead atoms. The Bertz CT molecular complexity index is 1430. The van der Waals surface area contributed by atoms with Gasteiger partial charge in [-0.1, -0.05) is 91.0 Å². The summed E-state index contributed by atoms with van der Waals surface area (Å²) in [6.45, 7) is 4.67. The molecule has 3 aromatic rings. The highest BCUT2D eigenvalue weighted by molar-refractivity contribution is 6.19. The number of hydrogen-bond donors (Lipinski definition) is 1. The van der Waals surface area contributed by atoms with E-state index in [9.17, 15) is 19.2 Å². The Morgan fingerprint density at radius 2 is 1.40 bits per heavy atom. The quantitative estimate of drug-likeness (QED) is 0.191. The number of carbonyl (C=O) groups excluding carboxylic acids is 4. The van der Waals surface area contributed by atoms with Crippen molar-refractivity contribution >= 4 is 23.4 Å². The van der Waals surface area contributed by atoms with Crippen LogP contribution in [0.2, 0.25) is 0 Å². The van der Waals surface area contributed by atoms with Crippen molar-refractivity contribution in [3.8, 4) is 0 Å². The first-order chi connectivity index (χ1) is 19.2. The molecular weight excluding hydrogens is 508 g/mol. The number of likely N-dealkylation sites (tertiary alicyclic amines) is 1. The van der Waals surface area contributed by atoms with E-state index in [-0.39, 0.29) is 17.9 Å². The largest absolute Gasteiger partial charge is 0.448 e. The molecule has 8 nitrogen and oxygen atoms in total. The van der Waals surface area contributed by atoms with Crippen molar-refractivity contribution in [1.82, 2.24) is 10.2 Å². The van der Waals surface area contributed by atoms with Crippen LogP contribution in [0.4, 0.5) is 0 Å². The van der Waals surface area contributed by atoms with Crippen LogP contribution in [0.15, 0.2) is 102 Å². The third-order valence-electron chi connectivity index (χ3n) is 7.14. The van der Waals surface area contributed by atoms with Gasteiger partial charge in [-0.05, 0) is 43.0 Å². The third-order valence-corrected chi connectivity index (χ3v) is 7.14. The molecule has 40 heavy (non-hydrogen) atoms. The van der Waals surface area contributed by atoms with Gasteiger partial charge >= 0.3 is 5.97 Å². The molecule has 0 spiro atoms. The van der Waals surface area contributed by atoms with Crippen molar-refractivity contribution in [3.63, 3.8) is 0 Å². The molecule has 3 aromatic carbocycles. The van der Waals surface area contributed by atoms with E-state index in [0.717, 1.165) is 21.6 Å². The lowest BCUT2D eigenvalue weighted by atomic mass is 9.79. The minimum atomic E-state index is -1.79. The summed E-state index contributed by atoms with van der Waals surface area (Å²) in [5, 5.41) is 2.84. The summed E-state index contributed by atoms with van der Waals surface area (Å²) in [5.41, 5.74) is 0.917. The normalized spacial score (nSPS) is 21.4. The van der Waals surface area contributed by atoms with Gasteiger partial charge in [-0.25, -0.2) is 4.79 Å². The second kappa shape index (κ2) is 11.0. The van der Waals surface area contributed by atoms with Crippen LogP contribution in [-0.4, -0.2) is 46.3 Å². The molecule has 8 heteroatoms. The number of esters is 1. The lowest BCUT2D eigenvalue weighted by molar-refractivity contribution is -0.184. The van der Waals surface area contributed by atoms with Gasteiger partial charge in [0.15, 0.2) is 30.1 Å². The second-order valence-electron chi connectivity index (χ2n) is 10.1. The SMILES string of the molecule is CC(=O)C1NC2(C(=O)Cc3ccccc3)C(=O)N(C(C(=O)OC(c3ccccc3)c3ccccc3)=C(C)C)C2O1. The van der Waals surface area contributed by atoms with Crippen molar-refractivity contribution in [3.05, 3.63) is 119 Å². The zero-order valence-electron chi connectivity index (χ0n) is 22.5. The molecule has 3 unspecified atom stereocenters. The summed E-state index contributed by atoms with van der Waals surface area (Å²) in [6.07, 6.45) is -3.14. The lowest BCUT2D eigenvalue weighted by Gasteiger charge is -2.49. The molecular formula is C32H30N2O6. The molecule has 0 radical (unpaired) electrons. The van der Waals surface area contributed by atoms with Gasteiger partial charge in [-0.3, -0.25) is 24.6 Å². The predicted molar refractivity (Wildman–Crippen MR) is 146 cm³/mol. The third kappa shape index (κ3) is 4.76. The number of ether oxygens (including phenoxy) is 2. The highest BCUT2D eigenvalue weighted by atomic mass is 16.6. The van der Waals surface area contributed by atoms with E-state index in [4.69, 9.17) is 9.47 Å². The summed E-state index contributed by atoms with van der Waals surface area (Å²) in [5.74, 6) is -2.23. The van der Waals surface area contributed by atoms with Crippen molar-refractivity contribution in [2.45, 2.75) is 51.3 Å². The number of nitrogens with one attached hydrogen (secondary N) is 1. The summed E-state index contributed by atoms with van der Waals surface area (Å²) < 4.78 is 11.9. The van der Waals surface area contributed by atoms with Gasteiger partial charge in [0, 0.05) is 6.42 Å². The van der Waals surface area contributed by atoms with E-state index in [1.807, 2.05) is 66.7 Å². The standard InChI is InChI=1S/C32H30N2O6/c1-20(2)26(29(37)39-27(23-15-9-5-10-16-23)24-17-11-6-12-18-24)34-30(38)32(31(34)40-28(33-32)21(3)35)25(36)19-22-13-7-4-8-14-22/h4-18,27-28,31,33H,19H2,1-3H3. The van der Waals surface area contributed by atoms with E-state index in [1.165, 1.54) is 6.92 Å². The number of nitrogens with zero attached hydrogens (tertiary/aromatic N) is 1. The molecule has 2 aliphatic rings. The van der Waals surface area contributed by atoms with Crippen LogP contribution in [0.1, 0.15) is 43.6 Å². The van der Waals surface area contributed by atoms with Crippen molar-refractivity contribution in [1.29, 1.82) is 0 Å². The minimum Gasteiger partial charge on any atom is -0.448 e. The molecule has 2 fully saturated rings. The molecule has 0 aliphatic carbocycles. The van der Waals surface area contributed by atoms with Crippen molar-refractivity contribution in [2.24, 2.45) is 0 Å². The Labute approximate surface area is 232 Å². The average molecular weight is 539 g/mol. The van der Waals surface area contributed by atoms with Gasteiger partial charge in [0.2, 0.25) is 5.54 Å². The molecule has 0 saturated carbocycles. The first-order valence-electron chi connectivity index (χ1n) is 13.1. The van der Waals surface area contributed by atoms with Crippen LogP contribution in [-0.2, 0) is 35.1 Å². The van der Waals surface area contributed by atoms with E-state index < -0.39 is 41.8 Å². The highest BCUT2D eigenvalue weighted by Gasteiger charge is 2.72. The first-order valence-corrected chi connectivity index (χ1v) is 13.1. The fourth-order valence-corrected chi connectivity index (χ4v) is 5.16. The summed E-state index contributed by atoms with van der Waals surface area (Å²) in [7, 11) is 0. The number of rotatable bonds is 9. The number of carbonyl (C=O) groups is 4. The fraction of sp³-hybridized carbons (Fsp3) is 0.250. The number of amides is 1. The predicted octanol–water partition coefficient (Wildman–Crippen LogP) is 3.87. The average Bonchev–Trinajstić information content (AvgIpc) is 3.33. The Balaban J connectivity index is 1.47. The molecule has 2 saturated heterocycles. The monoisotopic (exact) mass is 538 g/mol. The highest BCUT2D eigenvalue weighted by Crippen LogP contribution is 2.43. The molecule has 3 atom stereocenters. The maximum Gasteiger partial charge on any atom is 0.356 e. The molecule has 204 valence electrons. The van der Waals surface area contributed by atoms with Crippen LogP contribution < -0.4 is 5.32 Å².